The monoisotopic (exact) mass is 648 g/mol. The van der Waals surface area contributed by atoms with Crippen LogP contribution in [0.1, 0.15) is 53.9 Å². The van der Waals surface area contributed by atoms with Crippen molar-refractivity contribution in [3.05, 3.63) is 118 Å². The zero-order valence-corrected chi connectivity index (χ0v) is 27.4. The average molecular weight is 649 g/mol. The van der Waals surface area contributed by atoms with Gasteiger partial charge in [0.2, 0.25) is 0 Å². The van der Waals surface area contributed by atoms with E-state index in [0.717, 1.165) is 46.0 Å². The molecule has 10 heteroatoms. The molecule has 0 saturated carbocycles. The number of benzene rings is 3. The van der Waals surface area contributed by atoms with Crippen LogP contribution in [0, 0.1) is 5.41 Å². The topological polar surface area (TPSA) is 98.6 Å². The Morgan fingerprint density at radius 3 is 2.54 bits per heavy atom. The van der Waals surface area contributed by atoms with E-state index in [4.69, 9.17) is 16.3 Å². The quantitative estimate of drug-likeness (QED) is 0.125. The number of nitrogens with one attached hydrogen (secondary N) is 1. The lowest BCUT2D eigenvalue weighted by Gasteiger charge is -2.26. The number of thioether (sulfide) groups is 1. The number of hydrogen-bond donors (Lipinski definition) is 1. The first-order chi connectivity index (χ1) is 22.2. The van der Waals surface area contributed by atoms with Gasteiger partial charge in [-0.2, -0.15) is 5.21 Å². The van der Waals surface area contributed by atoms with Crippen LogP contribution < -0.4 is 4.74 Å². The van der Waals surface area contributed by atoms with E-state index in [2.05, 4.69) is 69.1 Å². The first kappa shape index (κ1) is 30.2. The van der Waals surface area contributed by atoms with E-state index in [1.165, 1.54) is 10.6 Å². The molecule has 1 aliphatic rings. The maximum atomic E-state index is 13.4. The molecule has 8 nitrogen and oxygen atoms in total. The van der Waals surface area contributed by atoms with Crippen LogP contribution in [0.5, 0.6) is 5.75 Å². The van der Waals surface area contributed by atoms with Crippen molar-refractivity contribution in [1.29, 1.82) is 0 Å². The SMILES string of the molecule is CC1Cc2c(OC(=O)c3ccc(-c4ccccc4)cn3)ccc3c2c(c(CC(C)(C)Cc2nn[nH]n2)n3Cc2ccc(Cl)cc2)S1. The molecule has 0 radical (unpaired) electrons. The number of aromatic nitrogens is 6. The molecule has 0 saturated heterocycles. The molecule has 1 atom stereocenters. The molecule has 1 unspecified atom stereocenters. The van der Waals surface area contributed by atoms with Crippen molar-refractivity contribution in [3.8, 4) is 16.9 Å². The molecule has 0 amide bonds. The molecule has 0 bridgehead atoms. The van der Waals surface area contributed by atoms with Gasteiger partial charge in [-0.05, 0) is 59.7 Å². The van der Waals surface area contributed by atoms with E-state index in [9.17, 15) is 4.79 Å². The molecule has 232 valence electrons. The molecular formula is C36H33ClN6O2S. The zero-order valence-electron chi connectivity index (χ0n) is 25.8. The lowest BCUT2D eigenvalue weighted by molar-refractivity contribution is 0.0727. The number of rotatable bonds is 9. The Morgan fingerprint density at radius 1 is 1.02 bits per heavy atom. The molecule has 1 N–H and O–H groups in total. The van der Waals surface area contributed by atoms with E-state index >= 15 is 0 Å². The Morgan fingerprint density at radius 2 is 1.83 bits per heavy atom. The normalized spacial score (nSPS) is 14.5. The van der Waals surface area contributed by atoms with Crippen LogP contribution in [0.4, 0.5) is 0 Å². The Bertz CT molecular complexity index is 2010. The number of esters is 1. The number of tetrazole rings is 1. The molecule has 0 spiro atoms. The molecule has 7 rings (SSSR count). The summed E-state index contributed by atoms with van der Waals surface area (Å²) in [6.07, 6.45) is 3.98. The van der Waals surface area contributed by atoms with Gasteiger partial charge in [-0.25, -0.2) is 9.78 Å². The van der Waals surface area contributed by atoms with Crippen molar-refractivity contribution >= 4 is 40.2 Å². The van der Waals surface area contributed by atoms with Gasteiger partial charge in [0.25, 0.3) is 0 Å². The van der Waals surface area contributed by atoms with Gasteiger partial charge in [0.1, 0.15) is 11.4 Å². The van der Waals surface area contributed by atoms with Crippen LogP contribution >= 0.6 is 23.4 Å². The van der Waals surface area contributed by atoms with Crippen LogP contribution in [0.15, 0.2) is 90.0 Å². The van der Waals surface area contributed by atoms with Gasteiger partial charge in [-0.15, -0.1) is 22.0 Å². The standard InChI is InChI=1S/C36H33ClN6O2S/c1-22-17-27-31(45-35(44)28-14-11-25(20-38-28)24-7-5-4-6-8-24)16-15-29-33(27)34(46-22)30(18-36(2,3)19-32-39-41-42-40-32)43(29)21-23-9-12-26(37)13-10-23/h4-16,20,22H,17-19,21H2,1-3H3,(H,39,40,41,42). The molecule has 3 aromatic carbocycles. The van der Waals surface area contributed by atoms with Crippen LogP contribution in [-0.4, -0.2) is 41.4 Å². The Balaban J connectivity index is 1.27. The fourth-order valence-electron chi connectivity index (χ4n) is 6.26. The predicted molar refractivity (Wildman–Crippen MR) is 182 cm³/mol. The van der Waals surface area contributed by atoms with Gasteiger partial charge in [0, 0.05) is 56.5 Å². The van der Waals surface area contributed by atoms with Crippen molar-refractivity contribution in [2.24, 2.45) is 5.41 Å². The minimum Gasteiger partial charge on any atom is -0.421 e. The van der Waals surface area contributed by atoms with E-state index in [1.54, 1.807) is 12.3 Å². The second-order valence-corrected chi connectivity index (χ2v) is 14.5. The molecule has 0 fully saturated rings. The summed E-state index contributed by atoms with van der Waals surface area (Å²) in [5.74, 6) is 0.811. The minimum absolute atomic E-state index is 0.152. The Hall–Kier alpha value is -4.47. The highest BCUT2D eigenvalue weighted by molar-refractivity contribution is 8.00. The average Bonchev–Trinajstić information content (AvgIpc) is 3.66. The number of ether oxygens (including phenoxy) is 1. The maximum absolute atomic E-state index is 13.4. The number of H-pyrrole nitrogens is 1. The lowest BCUT2D eigenvalue weighted by atomic mass is 9.84. The summed E-state index contributed by atoms with van der Waals surface area (Å²) in [6.45, 7) is 7.39. The van der Waals surface area contributed by atoms with Crippen LogP contribution in [-0.2, 0) is 25.8 Å². The zero-order chi connectivity index (χ0) is 31.8. The molecular weight excluding hydrogens is 616 g/mol. The van der Waals surface area contributed by atoms with Gasteiger partial charge >= 0.3 is 5.97 Å². The van der Waals surface area contributed by atoms with Crippen LogP contribution in [0.3, 0.4) is 0 Å². The Kier molecular flexibility index (Phi) is 8.13. The third-order valence-electron chi connectivity index (χ3n) is 8.37. The predicted octanol–water partition coefficient (Wildman–Crippen LogP) is 7.99. The second kappa shape index (κ2) is 12.4. The highest BCUT2D eigenvalue weighted by Crippen LogP contribution is 2.48. The summed E-state index contributed by atoms with van der Waals surface area (Å²) in [6, 6.07) is 25.6. The van der Waals surface area contributed by atoms with Crippen molar-refractivity contribution in [2.75, 3.05) is 0 Å². The summed E-state index contributed by atoms with van der Waals surface area (Å²) >= 11 is 8.12. The van der Waals surface area contributed by atoms with Crippen LogP contribution in [0.2, 0.25) is 5.02 Å². The van der Waals surface area contributed by atoms with Gasteiger partial charge in [-0.1, -0.05) is 86.1 Å². The van der Waals surface area contributed by atoms with E-state index in [-0.39, 0.29) is 11.1 Å². The van der Waals surface area contributed by atoms with Gasteiger partial charge in [0.05, 0.1) is 5.52 Å². The summed E-state index contributed by atoms with van der Waals surface area (Å²) in [5.41, 5.74) is 6.69. The third kappa shape index (κ3) is 6.17. The van der Waals surface area contributed by atoms with Crippen molar-refractivity contribution in [2.45, 2.75) is 56.7 Å². The van der Waals surface area contributed by atoms with Gasteiger partial charge in [0.15, 0.2) is 5.82 Å². The third-order valence-corrected chi connectivity index (χ3v) is 9.87. The summed E-state index contributed by atoms with van der Waals surface area (Å²) in [7, 11) is 0. The van der Waals surface area contributed by atoms with Crippen molar-refractivity contribution < 1.29 is 9.53 Å². The number of pyridine rings is 1. The first-order valence-electron chi connectivity index (χ1n) is 15.3. The number of nitrogens with zero attached hydrogens (tertiary/aromatic N) is 5. The molecule has 6 aromatic rings. The summed E-state index contributed by atoms with van der Waals surface area (Å²) in [4.78, 5) is 19.1. The molecule has 0 aliphatic carbocycles. The van der Waals surface area contributed by atoms with Crippen LogP contribution in [0.25, 0.3) is 22.0 Å². The van der Waals surface area contributed by atoms with E-state index < -0.39 is 5.97 Å². The smallest absolute Gasteiger partial charge is 0.362 e. The lowest BCUT2D eigenvalue weighted by Crippen LogP contribution is -2.22. The van der Waals surface area contributed by atoms with Crippen molar-refractivity contribution in [3.63, 3.8) is 0 Å². The number of aromatic amines is 1. The highest BCUT2D eigenvalue weighted by Gasteiger charge is 2.33. The largest absolute Gasteiger partial charge is 0.421 e. The maximum Gasteiger partial charge on any atom is 0.362 e. The van der Waals surface area contributed by atoms with E-state index in [0.29, 0.717) is 34.8 Å². The fourth-order valence-corrected chi connectivity index (χ4v) is 7.70. The highest BCUT2D eigenvalue weighted by atomic mass is 35.5. The number of halogens is 1. The molecule has 3 aromatic heterocycles. The fraction of sp³-hybridized carbons (Fsp3) is 0.250. The number of carbonyl (C=O) groups excluding carboxylic acids is 1. The molecule has 46 heavy (non-hydrogen) atoms. The van der Waals surface area contributed by atoms with Crippen molar-refractivity contribution in [1.82, 2.24) is 30.2 Å². The van der Waals surface area contributed by atoms with Gasteiger partial charge in [-0.3, -0.25) is 0 Å². The van der Waals surface area contributed by atoms with E-state index in [1.807, 2.05) is 66.4 Å². The minimum atomic E-state index is -0.468. The molecule has 1 aliphatic heterocycles. The Labute approximate surface area is 276 Å². The molecule has 4 heterocycles. The number of hydrogen-bond acceptors (Lipinski definition) is 7. The first-order valence-corrected chi connectivity index (χ1v) is 16.5. The second-order valence-electron chi connectivity index (χ2n) is 12.6. The summed E-state index contributed by atoms with van der Waals surface area (Å²) < 4.78 is 8.52. The summed E-state index contributed by atoms with van der Waals surface area (Å²) in [5, 5.41) is 16.9. The number of carbonyl (C=O) groups is 1. The van der Waals surface area contributed by atoms with Gasteiger partial charge < -0.3 is 9.30 Å².